The summed E-state index contributed by atoms with van der Waals surface area (Å²) in [6, 6.07) is 16.2. The molecule has 0 aromatic heterocycles. The zero-order valence-corrected chi connectivity index (χ0v) is 20.3. The van der Waals surface area contributed by atoms with E-state index in [2.05, 4.69) is 5.32 Å². The number of methoxy groups -OCH3 is 2. The van der Waals surface area contributed by atoms with Gasteiger partial charge in [-0.1, -0.05) is 29.3 Å². The fourth-order valence-corrected chi connectivity index (χ4v) is 4.88. The number of carbonyl (C=O) groups excluding carboxylic acids is 1. The van der Waals surface area contributed by atoms with Crippen LogP contribution in [0.3, 0.4) is 0 Å². The highest BCUT2D eigenvalue weighted by molar-refractivity contribution is 7.92. The van der Waals surface area contributed by atoms with E-state index in [1.807, 2.05) is 6.92 Å². The van der Waals surface area contributed by atoms with Gasteiger partial charge < -0.3 is 14.8 Å². The summed E-state index contributed by atoms with van der Waals surface area (Å²) < 4.78 is 38.8. The average Bonchev–Trinajstić information content (AvgIpc) is 2.79. The van der Waals surface area contributed by atoms with E-state index in [1.54, 1.807) is 49.4 Å². The van der Waals surface area contributed by atoms with Gasteiger partial charge in [0.05, 0.1) is 24.8 Å². The number of halogens is 1. The molecule has 0 saturated heterocycles. The lowest BCUT2D eigenvalue weighted by Crippen LogP contribution is -2.38. The Hall–Kier alpha value is -3.23. The molecule has 7 nitrogen and oxygen atoms in total. The second kappa shape index (κ2) is 10.1. The van der Waals surface area contributed by atoms with Crippen LogP contribution in [0.1, 0.15) is 11.1 Å². The maximum atomic E-state index is 13.6. The van der Waals surface area contributed by atoms with Crippen LogP contribution in [0.2, 0.25) is 5.02 Å². The minimum absolute atomic E-state index is 0.0313. The molecule has 0 atom stereocenters. The van der Waals surface area contributed by atoms with Crippen molar-refractivity contribution in [2.75, 3.05) is 30.4 Å². The van der Waals surface area contributed by atoms with E-state index in [1.165, 1.54) is 32.4 Å². The van der Waals surface area contributed by atoms with Crippen LogP contribution >= 0.6 is 11.6 Å². The first-order valence-electron chi connectivity index (χ1n) is 10.0. The lowest BCUT2D eigenvalue weighted by molar-refractivity contribution is -0.114. The quantitative estimate of drug-likeness (QED) is 0.492. The zero-order valence-electron chi connectivity index (χ0n) is 18.8. The molecular weight excluding hydrogens is 464 g/mol. The lowest BCUT2D eigenvalue weighted by Gasteiger charge is -2.25. The number of anilines is 2. The molecule has 3 rings (SSSR count). The number of nitrogens with one attached hydrogen (secondary N) is 1. The predicted octanol–water partition coefficient (Wildman–Crippen LogP) is 4.81. The highest BCUT2D eigenvalue weighted by Gasteiger charge is 2.28. The molecule has 0 unspecified atom stereocenters. The minimum atomic E-state index is -4.11. The fraction of sp³-hybridized carbons (Fsp3) is 0.208. The summed E-state index contributed by atoms with van der Waals surface area (Å²) in [4.78, 5) is 12.9. The van der Waals surface area contributed by atoms with Gasteiger partial charge in [-0.05, 0) is 61.9 Å². The van der Waals surface area contributed by atoms with Crippen molar-refractivity contribution in [1.82, 2.24) is 0 Å². The first-order chi connectivity index (χ1) is 15.6. The van der Waals surface area contributed by atoms with Crippen molar-refractivity contribution in [3.63, 3.8) is 0 Å². The second-order valence-electron chi connectivity index (χ2n) is 7.37. The van der Waals surface area contributed by atoms with Crippen LogP contribution in [0.25, 0.3) is 0 Å². The first kappa shape index (κ1) is 24.4. The van der Waals surface area contributed by atoms with Gasteiger partial charge in [0.25, 0.3) is 10.0 Å². The van der Waals surface area contributed by atoms with Crippen molar-refractivity contribution in [1.29, 1.82) is 0 Å². The molecule has 0 radical (unpaired) electrons. The third kappa shape index (κ3) is 5.58. The largest absolute Gasteiger partial charge is 0.493 e. The van der Waals surface area contributed by atoms with Crippen LogP contribution in [0, 0.1) is 13.8 Å². The number of carbonyl (C=O) groups is 1. The number of aryl methyl sites for hydroxylation is 2. The number of rotatable bonds is 8. The number of hydrogen-bond acceptors (Lipinski definition) is 5. The third-order valence-electron chi connectivity index (χ3n) is 5.01. The summed E-state index contributed by atoms with van der Waals surface area (Å²) in [5, 5.41) is 3.31. The van der Waals surface area contributed by atoms with Crippen molar-refractivity contribution in [2.45, 2.75) is 18.7 Å². The second-order valence-corrected chi connectivity index (χ2v) is 9.67. The molecule has 174 valence electrons. The summed E-state index contributed by atoms with van der Waals surface area (Å²) in [7, 11) is -1.22. The van der Waals surface area contributed by atoms with Crippen molar-refractivity contribution in [2.24, 2.45) is 0 Å². The van der Waals surface area contributed by atoms with E-state index in [9.17, 15) is 13.2 Å². The molecule has 0 spiro atoms. The maximum Gasteiger partial charge on any atom is 0.264 e. The van der Waals surface area contributed by atoms with E-state index in [0.717, 1.165) is 15.4 Å². The van der Waals surface area contributed by atoms with Gasteiger partial charge in [-0.25, -0.2) is 8.42 Å². The summed E-state index contributed by atoms with van der Waals surface area (Å²) in [6.07, 6.45) is 0. The standard InChI is InChI=1S/C24H25ClN2O5S/c1-16-5-8-19(9-6-16)27(15-24(28)26-21-11-7-18(25)13-17(21)2)33(29,30)20-10-12-22(31-3)23(14-20)32-4/h5-14H,15H2,1-4H3,(H,26,28). The third-order valence-corrected chi connectivity index (χ3v) is 7.02. The molecule has 3 aromatic rings. The van der Waals surface area contributed by atoms with E-state index >= 15 is 0 Å². The lowest BCUT2D eigenvalue weighted by atomic mass is 10.2. The van der Waals surface area contributed by atoms with Crippen LogP contribution in [-0.4, -0.2) is 35.1 Å². The first-order valence-corrected chi connectivity index (χ1v) is 11.8. The van der Waals surface area contributed by atoms with Crippen LogP contribution in [0.4, 0.5) is 11.4 Å². The smallest absolute Gasteiger partial charge is 0.264 e. The molecular formula is C24H25ClN2O5S. The van der Waals surface area contributed by atoms with Gasteiger partial charge in [0.1, 0.15) is 6.54 Å². The summed E-state index contributed by atoms with van der Waals surface area (Å²) in [6.45, 7) is 3.27. The van der Waals surface area contributed by atoms with Gasteiger partial charge in [0.15, 0.2) is 11.5 Å². The molecule has 3 aromatic carbocycles. The van der Waals surface area contributed by atoms with E-state index in [-0.39, 0.29) is 10.6 Å². The number of sulfonamides is 1. The van der Waals surface area contributed by atoms with Gasteiger partial charge in [-0.15, -0.1) is 0 Å². The molecule has 0 fully saturated rings. The normalized spacial score (nSPS) is 11.1. The molecule has 9 heteroatoms. The predicted molar refractivity (Wildman–Crippen MR) is 130 cm³/mol. The zero-order chi connectivity index (χ0) is 24.2. The van der Waals surface area contributed by atoms with Crippen molar-refractivity contribution >= 4 is 38.9 Å². The number of nitrogens with zero attached hydrogens (tertiary/aromatic N) is 1. The summed E-state index contributed by atoms with van der Waals surface area (Å²) >= 11 is 5.99. The number of hydrogen-bond donors (Lipinski definition) is 1. The molecule has 33 heavy (non-hydrogen) atoms. The molecule has 1 amide bonds. The minimum Gasteiger partial charge on any atom is -0.493 e. The fourth-order valence-electron chi connectivity index (χ4n) is 3.22. The maximum absolute atomic E-state index is 13.6. The van der Waals surface area contributed by atoms with Gasteiger partial charge >= 0.3 is 0 Å². The molecule has 0 aliphatic heterocycles. The number of benzene rings is 3. The molecule has 0 bridgehead atoms. The Morgan fingerprint density at radius 1 is 0.939 bits per heavy atom. The van der Waals surface area contributed by atoms with Crippen LogP contribution in [-0.2, 0) is 14.8 Å². The number of amides is 1. The van der Waals surface area contributed by atoms with Gasteiger partial charge in [-0.3, -0.25) is 9.10 Å². The molecule has 0 aliphatic carbocycles. The Bertz CT molecular complexity index is 1260. The van der Waals surface area contributed by atoms with Crippen molar-refractivity contribution < 1.29 is 22.7 Å². The molecule has 0 saturated carbocycles. The monoisotopic (exact) mass is 488 g/mol. The topological polar surface area (TPSA) is 84.9 Å². The Morgan fingerprint density at radius 3 is 2.21 bits per heavy atom. The highest BCUT2D eigenvalue weighted by Crippen LogP contribution is 2.32. The van der Waals surface area contributed by atoms with Gasteiger partial charge in [0.2, 0.25) is 5.91 Å². The van der Waals surface area contributed by atoms with E-state index < -0.39 is 22.5 Å². The summed E-state index contributed by atoms with van der Waals surface area (Å²) in [5.74, 6) is 0.169. The molecule has 1 N–H and O–H groups in total. The van der Waals surface area contributed by atoms with Crippen molar-refractivity contribution in [3.05, 3.63) is 76.8 Å². The highest BCUT2D eigenvalue weighted by atomic mass is 35.5. The van der Waals surface area contributed by atoms with Crippen molar-refractivity contribution in [3.8, 4) is 11.5 Å². The SMILES string of the molecule is COc1ccc(S(=O)(=O)N(CC(=O)Nc2ccc(Cl)cc2C)c2ccc(C)cc2)cc1OC. The average molecular weight is 489 g/mol. The Balaban J connectivity index is 1.99. The van der Waals surface area contributed by atoms with Crippen LogP contribution in [0.5, 0.6) is 11.5 Å². The van der Waals surface area contributed by atoms with E-state index in [4.69, 9.17) is 21.1 Å². The van der Waals surface area contributed by atoms with Gasteiger partial charge in [-0.2, -0.15) is 0 Å². The Labute approximate surface area is 198 Å². The Kier molecular flexibility index (Phi) is 7.50. The Morgan fingerprint density at radius 2 is 1.61 bits per heavy atom. The molecule has 0 aliphatic rings. The molecule has 0 heterocycles. The van der Waals surface area contributed by atoms with Crippen LogP contribution in [0.15, 0.2) is 65.6 Å². The van der Waals surface area contributed by atoms with E-state index in [0.29, 0.717) is 22.1 Å². The number of ether oxygens (including phenoxy) is 2. The van der Waals surface area contributed by atoms with Gasteiger partial charge in [0, 0.05) is 16.8 Å². The summed E-state index contributed by atoms with van der Waals surface area (Å²) in [5.41, 5.74) is 2.64. The van der Waals surface area contributed by atoms with Crippen LogP contribution < -0.4 is 19.1 Å².